The van der Waals surface area contributed by atoms with Crippen LogP contribution in [0.5, 0.6) is 5.75 Å². The molecule has 0 bridgehead atoms. The highest BCUT2D eigenvalue weighted by atomic mass is 32.2. The number of anilines is 1. The first-order valence-corrected chi connectivity index (χ1v) is 9.52. The maximum Gasteiger partial charge on any atom is 0.182 e. The van der Waals surface area contributed by atoms with E-state index in [4.69, 9.17) is 4.74 Å². The van der Waals surface area contributed by atoms with Crippen molar-refractivity contribution >= 4 is 28.4 Å². The minimum absolute atomic E-state index is 0.0864. The fourth-order valence-corrected chi connectivity index (χ4v) is 3.59. The van der Waals surface area contributed by atoms with Crippen molar-refractivity contribution in [3.8, 4) is 5.75 Å². The van der Waals surface area contributed by atoms with E-state index < -0.39 is 0 Å². The smallest absolute Gasteiger partial charge is 0.182 e. The molecule has 0 radical (unpaired) electrons. The first-order chi connectivity index (χ1) is 12.3. The molecule has 0 saturated carbocycles. The van der Waals surface area contributed by atoms with Gasteiger partial charge in [0.15, 0.2) is 11.0 Å². The van der Waals surface area contributed by atoms with E-state index in [1.807, 2.05) is 66.4 Å². The summed E-state index contributed by atoms with van der Waals surface area (Å²) in [5.41, 5.74) is 1.68. The number of ether oxygens (including phenoxy) is 1. The molecule has 2 aromatic carbocycles. The first kappa shape index (κ1) is 17.5. The molecule has 0 spiro atoms. The molecule has 25 heavy (non-hydrogen) atoms. The van der Waals surface area contributed by atoms with Gasteiger partial charge in [-0.15, -0.1) is 0 Å². The predicted octanol–water partition coefficient (Wildman–Crippen LogP) is 4.27. The zero-order valence-corrected chi connectivity index (χ0v) is 15.2. The highest BCUT2D eigenvalue weighted by molar-refractivity contribution is 8.14. The number of hydrogen-bond donors (Lipinski definition) is 0. The minimum atomic E-state index is 0.0864. The van der Waals surface area contributed by atoms with Gasteiger partial charge < -0.3 is 9.64 Å². The maximum atomic E-state index is 12.7. The molecule has 3 rings (SSSR count). The number of aliphatic imine (C=N–C) groups is 1. The van der Waals surface area contributed by atoms with Gasteiger partial charge in [0.25, 0.3) is 0 Å². The topological polar surface area (TPSA) is 41.9 Å². The summed E-state index contributed by atoms with van der Waals surface area (Å²) in [5, 5.41) is 0.916. The van der Waals surface area contributed by atoms with Crippen LogP contribution in [0.2, 0.25) is 0 Å². The average molecular weight is 354 g/mol. The summed E-state index contributed by atoms with van der Waals surface area (Å²) in [6.07, 6.45) is 1.08. The molecule has 2 aromatic rings. The van der Waals surface area contributed by atoms with Crippen molar-refractivity contribution in [1.29, 1.82) is 0 Å². The van der Waals surface area contributed by atoms with E-state index in [2.05, 4.69) is 4.99 Å². The lowest BCUT2D eigenvalue weighted by atomic mass is 10.1. The number of ketones is 1. The SMILES string of the molecule is CCOc1ccc(N(CC(=O)c2ccccc2)C2=NCCCS2)cc1. The van der Waals surface area contributed by atoms with Gasteiger partial charge in [-0.3, -0.25) is 9.79 Å². The quantitative estimate of drug-likeness (QED) is 0.727. The van der Waals surface area contributed by atoms with E-state index in [0.29, 0.717) is 6.61 Å². The number of hydrogen-bond acceptors (Lipinski definition) is 5. The van der Waals surface area contributed by atoms with E-state index in [-0.39, 0.29) is 12.3 Å². The van der Waals surface area contributed by atoms with Crippen molar-refractivity contribution < 1.29 is 9.53 Å². The summed E-state index contributed by atoms with van der Waals surface area (Å²) in [7, 11) is 0. The van der Waals surface area contributed by atoms with Crippen molar-refractivity contribution in [3.05, 3.63) is 60.2 Å². The van der Waals surface area contributed by atoms with Gasteiger partial charge in [0.1, 0.15) is 5.75 Å². The van der Waals surface area contributed by atoms with Crippen LogP contribution in [0.3, 0.4) is 0 Å². The number of Topliss-reactive ketones (excluding diaryl/α,β-unsaturated/α-hetero) is 1. The van der Waals surface area contributed by atoms with Crippen LogP contribution in [0.25, 0.3) is 0 Å². The standard InChI is InChI=1S/C20H22N2O2S/c1-2-24-18-11-9-17(10-12-18)22(20-21-13-6-14-25-20)15-19(23)16-7-4-3-5-8-16/h3-5,7-12H,2,6,13-15H2,1H3. The second-order valence-electron chi connectivity index (χ2n) is 5.67. The zero-order chi connectivity index (χ0) is 17.5. The molecule has 4 nitrogen and oxygen atoms in total. The van der Waals surface area contributed by atoms with Gasteiger partial charge >= 0.3 is 0 Å². The second-order valence-corrected chi connectivity index (χ2v) is 6.73. The molecule has 0 saturated heterocycles. The van der Waals surface area contributed by atoms with Gasteiger partial charge in [-0.25, -0.2) is 0 Å². The summed E-state index contributed by atoms with van der Waals surface area (Å²) in [6, 6.07) is 17.3. The van der Waals surface area contributed by atoms with Crippen LogP contribution < -0.4 is 9.64 Å². The van der Waals surface area contributed by atoms with Crippen LogP contribution >= 0.6 is 11.8 Å². The third-order valence-electron chi connectivity index (χ3n) is 3.87. The van der Waals surface area contributed by atoms with Crippen LogP contribution in [0, 0.1) is 0 Å². The lowest BCUT2D eigenvalue weighted by Crippen LogP contribution is -2.35. The highest BCUT2D eigenvalue weighted by Gasteiger charge is 2.20. The molecule has 1 heterocycles. The summed E-state index contributed by atoms with van der Waals surface area (Å²) >= 11 is 1.71. The second kappa shape index (κ2) is 8.72. The Kier molecular flexibility index (Phi) is 6.12. The Labute approximate surface area is 152 Å². The number of nitrogens with zero attached hydrogens (tertiary/aromatic N) is 2. The van der Waals surface area contributed by atoms with Gasteiger partial charge in [-0.2, -0.15) is 0 Å². The maximum absolute atomic E-state index is 12.7. The van der Waals surface area contributed by atoms with Gasteiger partial charge in [0.05, 0.1) is 13.2 Å². The largest absolute Gasteiger partial charge is 0.494 e. The number of carbonyl (C=O) groups is 1. The van der Waals surface area contributed by atoms with E-state index in [1.54, 1.807) is 11.8 Å². The van der Waals surface area contributed by atoms with Crippen molar-refractivity contribution in [1.82, 2.24) is 0 Å². The van der Waals surface area contributed by atoms with Crippen molar-refractivity contribution in [3.63, 3.8) is 0 Å². The van der Waals surface area contributed by atoms with Crippen molar-refractivity contribution in [2.75, 3.05) is 30.3 Å². The van der Waals surface area contributed by atoms with Crippen LogP contribution in [0.4, 0.5) is 5.69 Å². The number of amidine groups is 1. The molecule has 0 fully saturated rings. The molecule has 0 N–H and O–H groups in total. The summed E-state index contributed by atoms with van der Waals surface area (Å²) < 4.78 is 5.52. The van der Waals surface area contributed by atoms with E-state index >= 15 is 0 Å². The Hall–Kier alpha value is -2.27. The zero-order valence-electron chi connectivity index (χ0n) is 14.4. The lowest BCUT2D eigenvalue weighted by molar-refractivity contribution is 0.100. The van der Waals surface area contributed by atoms with E-state index in [1.165, 1.54) is 0 Å². The van der Waals surface area contributed by atoms with Gasteiger partial charge in [0.2, 0.25) is 0 Å². The Morgan fingerprint density at radius 1 is 1.16 bits per heavy atom. The molecular weight excluding hydrogens is 332 g/mol. The van der Waals surface area contributed by atoms with Crippen LogP contribution in [-0.4, -0.2) is 36.4 Å². The third kappa shape index (κ3) is 4.63. The fraction of sp³-hybridized carbons (Fsp3) is 0.300. The molecular formula is C20H22N2O2S. The molecule has 1 aliphatic rings. The predicted molar refractivity (Wildman–Crippen MR) is 105 cm³/mol. The van der Waals surface area contributed by atoms with Crippen LogP contribution in [0.15, 0.2) is 59.6 Å². The summed E-state index contributed by atoms with van der Waals surface area (Å²) in [6.45, 7) is 3.70. The summed E-state index contributed by atoms with van der Waals surface area (Å²) in [5.74, 6) is 1.95. The molecule has 1 aliphatic heterocycles. The normalized spacial score (nSPS) is 13.9. The fourth-order valence-electron chi connectivity index (χ4n) is 2.63. The Balaban J connectivity index is 1.84. The molecule has 130 valence electrons. The number of thioether (sulfide) groups is 1. The van der Waals surface area contributed by atoms with Crippen LogP contribution in [-0.2, 0) is 0 Å². The molecule has 0 atom stereocenters. The van der Waals surface area contributed by atoms with E-state index in [0.717, 1.165) is 40.9 Å². The molecule has 5 heteroatoms. The third-order valence-corrected chi connectivity index (χ3v) is 4.97. The minimum Gasteiger partial charge on any atom is -0.494 e. The van der Waals surface area contributed by atoms with Gasteiger partial charge in [-0.05, 0) is 37.6 Å². The molecule has 0 unspecified atom stereocenters. The monoisotopic (exact) mass is 354 g/mol. The van der Waals surface area contributed by atoms with Crippen molar-refractivity contribution in [2.24, 2.45) is 4.99 Å². The Morgan fingerprint density at radius 3 is 2.56 bits per heavy atom. The number of rotatable bonds is 6. The number of carbonyl (C=O) groups excluding carboxylic acids is 1. The highest BCUT2D eigenvalue weighted by Crippen LogP contribution is 2.25. The van der Waals surface area contributed by atoms with Crippen molar-refractivity contribution in [2.45, 2.75) is 13.3 Å². The Morgan fingerprint density at radius 2 is 1.92 bits per heavy atom. The molecule has 0 amide bonds. The van der Waals surface area contributed by atoms with E-state index in [9.17, 15) is 4.79 Å². The average Bonchev–Trinajstić information content (AvgIpc) is 2.68. The van der Waals surface area contributed by atoms with Gasteiger partial charge in [0, 0.05) is 23.5 Å². The molecule has 0 aromatic heterocycles. The molecule has 0 aliphatic carbocycles. The first-order valence-electron chi connectivity index (χ1n) is 8.54. The summed E-state index contributed by atoms with van der Waals surface area (Å²) in [4.78, 5) is 19.4. The number of benzene rings is 2. The van der Waals surface area contributed by atoms with Crippen LogP contribution in [0.1, 0.15) is 23.7 Å². The lowest BCUT2D eigenvalue weighted by Gasteiger charge is -2.27. The Bertz CT molecular complexity index is 729. The van der Waals surface area contributed by atoms with Gasteiger partial charge in [-0.1, -0.05) is 42.1 Å².